The minimum Gasteiger partial charge on any atom is -0.384 e. The fourth-order valence-electron chi connectivity index (χ4n) is 2.55. The zero-order chi connectivity index (χ0) is 18.5. The number of fused-ring (bicyclic) bond motifs is 1. The molecule has 2 amide bonds. The number of amides is 2. The van der Waals surface area contributed by atoms with Gasteiger partial charge in [-0.2, -0.15) is 0 Å². The van der Waals surface area contributed by atoms with Crippen molar-refractivity contribution in [2.75, 3.05) is 5.73 Å². The summed E-state index contributed by atoms with van der Waals surface area (Å²) in [5.41, 5.74) is 1.84. The lowest BCUT2D eigenvalue weighted by atomic mass is 10.1. The molecule has 3 N–H and O–H groups in total. The molecule has 0 radical (unpaired) electrons. The molecule has 2 aromatic rings. The molecular formula is C13H7N5O7. The summed E-state index contributed by atoms with van der Waals surface area (Å²) >= 11 is 0. The van der Waals surface area contributed by atoms with Gasteiger partial charge in [-0.1, -0.05) is 0 Å². The van der Waals surface area contributed by atoms with E-state index in [2.05, 4.69) is 0 Å². The van der Waals surface area contributed by atoms with Crippen LogP contribution in [-0.2, 0) is 0 Å². The number of carbonyl (C=O) groups is 2. The van der Waals surface area contributed by atoms with Crippen molar-refractivity contribution in [3.05, 3.63) is 66.0 Å². The molecule has 1 aromatic heterocycles. The number of pyridine rings is 1. The number of hydrogen-bond donors (Lipinski definition) is 2. The van der Waals surface area contributed by atoms with Crippen molar-refractivity contribution in [1.82, 2.24) is 9.88 Å². The van der Waals surface area contributed by atoms with E-state index in [0.717, 1.165) is 24.3 Å². The van der Waals surface area contributed by atoms with E-state index in [0.29, 0.717) is 4.57 Å². The van der Waals surface area contributed by atoms with Crippen LogP contribution in [0.5, 0.6) is 0 Å². The normalized spacial score (nSPS) is 12.6. The van der Waals surface area contributed by atoms with Crippen molar-refractivity contribution in [3.8, 4) is 5.69 Å². The highest BCUT2D eigenvalue weighted by atomic mass is 16.6. The number of nitro groups is 2. The molecule has 12 heteroatoms. The van der Waals surface area contributed by atoms with Crippen LogP contribution in [0, 0.1) is 20.2 Å². The molecule has 25 heavy (non-hydrogen) atoms. The summed E-state index contributed by atoms with van der Waals surface area (Å²) in [6.07, 6.45) is 0. The highest BCUT2D eigenvalue weighted by Gasteiger charge is 2.35. The predicted molar refractivity (Wildman–Crippen MR) is 81.6 cm³/mol. The number of nitrogens with zero attached hydrogens (tertiary/aromatic N) is 3. The standard InChI is InChI=1S/C13H7N5O7/c14-11-9-5(12(20)15-13(9)21)4-8(19)16(11)10-6(17(22)23)2-1-3-7(10)18(24)25/h1-4H,14H2,(H,15,20,21). The van der Waals surface area contributed by atoms with Gasteiger partial charge in [0.15, 0.2) is 0 Å². The van der Waals surface area contributed by atoms with Crippen LogP contribution >= 0.6 is 0 Å². The van der Waals surface area contributed by atoms with E-state index in [1.165, 1.54) is 0 Å². The Labute approximate surface area is 136 Å². The molecule has 0 aliphatic carbocycles. The van der Waals surface area contributed by atoms with Crippen molar-refractivity contribution in [3.63, 3.8) is 0 Å². The number of benzene rings is 1. The van der Waals surface area contributed by atoms with E-state index in [-0.39, 0.29) is 11.1 Å². The van der Waals surface area contributed by atoms with Gasteiger partial charge in [-0.25, -0.2) is 4.57 Å². The van der Waals surface area contributed by atoms with E-state index >= 15 is 0 Å². The van der Waals surface area contributed by atoms with Gasteiger partial charge in [0.05, 0.1) is 21.0 Å². The maximum Gasteiger partial charge on any atom is 0.300 e. The monoisotopic (exact) mass is 345 g/mol. The molecule has 1 aromatic carbocycles. The first kappa shape index (κ1) is 15.8. The summed E-state index contributed by atoms with van der Waals surface area (Å²) in [5, 5.41) is 24.4. The third-order valence-corrected chi connectivity index (χ3v) is 3.56. The Kier molecular flexibility index (Phi) is 3.30. The number of nitrogens with one attached hydrogen (secondary N) is 1. The third-order valence-electron chi connectivity index (χ3n) is 3.56. The SMILES string of the molecule is Nc1c2c(cc(=O)n1-c1c([N+](=O)[O-])cccc1[N+](=O)[O-])C(=O)NC2=O. The largest absolute Gasteiger partial charge is 0.384 e. The first-order valence-corrected chi connectivity index (χ1v) is 6.57. The topological polar surface area (TPSA) is 180 Å². The van der Waals surface area contributed by atoms with Crippen LogP contribution in [0.3, 0.4) is 0 Å². The van der Waals surface area contributed by atoms with E-state index in [1.54, 1.807) is 0 Å². The Morgan fingerprint density at radius 2 is 1.56 bits per heavy atom. The number of nitro benzene ring substituents is 2. The summed E-state index contributed by atoms with van der Waals surface area (Å²) in [4.78, 5) is 56.4. The number of hydrogen-bond acceptors (Lipinski definition) is 8. The molecule has 1 aliphatic rings. The van der Waals surface area contributed by atoms with Gasteiger partial charge in [-0.05, 0) is 6.07 Å². The van der Waals surface area contributed by atoms with Gasteiger partial charge in [0.1, 0.15) is 5.82 Å². The third kappa shape index (κ3) is 2.20. The second-order valence-electron chi connectivity index (χ2n) is 4.93. The summed E-state index contributed by atoms with van der Waals surface area (Å²) in [5.74, 6) is -2.37. The van der Waals surface area contributed by atoms with Gasteiger partial charge in [0.25, 0.3) is 17.4 Å². The Hall–Kier alpha value is -4.09. The van der Waals surface area contributed by atoms with Crippen molar-refractivity contribution >= 4 is 29.0 Å². The number of nitrogens with two attached hydrogens (primary N) is 1. The molecule has 3 rings (SSSR count). The molecule has 0 unspecified atom stereocenters. The number of anilines is 1. The molecular weight excluding hydrogens is 338 g/mol. The molecule has 0 bridgehead atoms. The summed E-state index contributed by atoms with van der Waals surface area (Å²) in [7, 11) is 0. The molecule has 0 spiro atoms. The summed E-state index contributed by atoms with van der Waals surface area (Å²) in [6, 6.07) is 3.72. The molecule has 0 saturated heterocycles. The number of nitrogen functional groups attached to an aromatic ring is 1. The lowest BCUT2D eigenvalue weighted by molar-refractivity contribution is -0.393. The number of para-hydroxylation sites is 1. The zero-order valence-corrected chi connectivity index (χ0v) is 12.1. The molecule has 126 valence electrons. The van der Waals surface area contributed by atoms with Gasteiger partial charge < -0.3 is 5.73 Å². The Balaban J connectivity index is 2.48. The first-order chi connectivity index (χ1) is 11.7. The van der Waals surface area contributed by atoms with Crippen molar-refractivity contribution < 1.29 is 19.4 Å². The van der Waals surface area contributed by atoms with Gasteiger partial charge in [0.2, 0.25) is 5.69 Å². The average molecular weight is 345 g/mol. The Bertz CT molecular complexity index is 1020. The molecule has 1 aliphatic heterocycles. The van der Waals surface area contributed by atoms with E-state index in [1.807, 2.05) is 5.32 Å². The summed E-state index contributed by atoms with van der Waals surface area (Å²) < 4.78 is 0.479. The number of imide groups is 1. The van der Waals surface area contributed by atoms with Crippen LogP contribution in [-0.4, -0.2) is 26.2 Å². The number of aromatic nitrogens is 1. The van der Waals surface area contributed by atoms with Gasteiger partial charge >= 0.3 is 11.4 Å². The molecule has 0 fully saturated rings. The van der Waals surface area contributed by atoms with Crippen LogP contribution in [0.15, 0.2) is 29.1 Å². The second kappa shape index (κ2) is 5.23. The van der Waals surface area contributed by atoms with Gasteiger partial charge in [0, 0.05) is 18.2 Å². The fraction of sp³-hybridized carbons (Fsp3) is 0. The predicted octanol–water partition coefficient (Wildman–Crippen LogP) is 0.120. The van der Waals surface area contributed by atoms with Crippen molar-refractivity contribution in [1.29, 1.82) is 0 Å². The van der Waals surface area contributed by atoms with Gasteiger partial charge in [-0.3, -0.25) is 39.9 Å². The van der Waals surface area contributed by atoms with Gasteiger partial charge in [-0.15, -0.1) is 0 Å². The minimum absolute atomic E-state index is 0.301. The van der Waals surface area contributed by atoms with Crippen LogP contribution in [0.1, 0.15) is 20.7 Å². The van der Waals surface area contributed by atoms with Crippen molar-refractivity contribution in [2.45, 2.75) is 0 Å². The number of carbonyl (C=O) groups excluding carboxylic acids is 2. The van der Waals surface area contributed by atoms with Crippen LogP contribution in [0.2, 0.25) is 0 Å². The van der Waals surface area contributed by atoms with Crippen LogP contribution < -0.4 is 16.6 Å². The maximum atomic E-state index is 12.3. The van der Waals surface area contributed by atoms with Crippen molar-refractivity contribution in [2.24, 2.45) is 0 Å². The molecule has 0 atom stereocenters. The molecule has 0 saturated carbocycles. The molecule has 2 heterocycles. The zero-order valence-electron chi connectivity index (χ0n) is 12.1. The highest BCUT2D eigenvalue weighted by Crippen LogP contribution is 2.34. The smallest absolute Gasteiger partial charge is 0.300 e. The average Bonchev–Trinajstić information content (AvgIpc) is 2.81. The molecule has 12 nitrogen and oxygen atoms in total. The Morgan fingerprint density at radius 3 is 2.08 bits per heavy atom. The summed E-state index contributed by atoms with van der Waals surface area (Å²) in [6.45, 7) is 0. The highest BCUT2D eigenvalue weighted by molar-refractivity contribution is 6.23. The van der Waals surface area contributed by atoms with Crippen LogP contribution in [0.25, 0.3) is 5.69 Å². The first-order valence-electron chi connectivity index (χ1n) is 6.57. The van der Waals surface area contributed by atoms with E-state index in [4.69, 9.17) is 5.73 Å². The second-order valence-corrected chi connectivity index (χ2v) is 4.93. The van der Waals surface area contributed by atoms with E-state index < -0.39 is 50.1 Å². The lowest BCUT2D eigenvalue weighted by Gasteiger charge is -2.12. The Morgan fingerprint density at radius 1 is 1.00 bits per heavy atom. The quantitative estimate of drug-likeness (QED) is 0.446. The maximum absolute atomic E-state index is 12.3. The fourth-order valence-corrected chi connectivity index (χ4v) is 2.55. The lowest BCUT2D eigenvalue weighted by Crippen LogP contribution is -2.25. The minimum atomic E-state index is -1.03. The van der Waals surface area contributed by atoms with E-state index in [9.17, 15) is 34.6 Å². The van der Waals surface area contributed by atoms with Crippen LogP contribution in [0.4, 0.5) is 17.2 Å². The number of rotatable bonds is 3.